The molecule has 1 aromatic heterocycles. The molecule has 2 aromatic carbocycles. The average Bonchev–Trinajstić information content (AvgIpc) is 2.63. The van der Waals surface area contributed by atoms with E-state index in [1.54, 1.807) is 36.4 Å². The summed E-state index contributed by atoms with van der Waals surface area (Å²) in [6.07, 6.45) is -3.00. The maximum Gasteiger partial charge on any atom is 0.406 e. The van der Waals surface area contributed by atoms with Gasteiger partial charge in [-0.15, -0.1) is 0 Å². The average molecular weight is 375 g/mol. The minimum Gasteiger partial charge on any atom is -0.333 e. The van der Waals surface area contributed by atoms with E-state index in [-0.39, 0.29) is 17.7 Å². The Morgan fingerprint density at radius 2 is 1.78 bits per heavy atom. The molecule has 140 valence electrons. The first-order valence-corrected chi connectivity index (χ1v) is 8.10. The third-order valence-electron chi connectivity index (χ3n) is 4.05. The largest absolute Gasteiger partial charge is 0.406 e. The van der Waals surface area contributed by atoms with Gasteiger partial charge in [-0.25, -0.2) is 4.98 Å². The van der Waals surface area contributed by atoms with Crippen LogP contribution < -0.4 is 5.56 Å². The minimum atomic E-state index is -4.45. The van der Waals surface area contributed by atoms with E-state index in [1.807, 2.05) is 0 Å². The van der Waals surface area contributed by atoms with E-state index in [0.29, 0.717) is 15.8 Å². The SMILES string of the molecule is CN(CC(F)(F)F)C(=O)c1ccc(Cn2cnc3ccccc3c2=O)cc1. The fourth-order valence-electron chi connectivity index (χ4n) is 2.73. The van der Waals surface area contributed by atoms with Gasteiger partial charge in [-0.1, -0.05) is 24.3 Å². The Bertz CT molecular complexity index is 1030. The molecule has 8 heteroatoms. The molecule has 1 amide bonds. The van der Waals surface area contributed by atoms with Crippen LogP contribution in [0.25, 0.3) is 10.9 Å². The van der Waals surface area contributed by atoms with Crippen LogP contribution in [0, 0.1) is 0 Å². The zero-order chi connectivity index (χ0) is 19.6. The molecule has 0 unspecified atom stereocenters. The van der Waals surface area contributed by atoms with Crippen LogP contribution in [0.4, 0.5) is 13.2 Å². The van der Waals surface area contributed by atoms with Crippen molar-refractivity contribution in [3.05, 3.63) is 76.3 Å². The Morgan fingerprint density at radius 1 is 1.11 bits per heavy atom. The lowest BCUT2D eigenvalue weighted by Crippen LogP contribution is -2.35. The number of hydrogen-bond donors (Lipinski definition) is 0. The van der Waals surface area contributed by atoms with Crippen LogP contribution >= 0.6 is 0 Å². The molecule has 0 N–H and O–H groups in total. The molecule has 0 radical (unpaired) electrons. The number of benzene rings is 2. The van der Waals surface area contributed by atoms with Crippen LogP contribution in [0.15, 0.2) is 59.7 Å². The quantitative estimate of drug-likeness (QED) is 0.704. The zero-order valence-electron chi connectivity index (χ0n) is 14.4. The standard InChI is InChI=1S/C19H16F3N3O2/c1-24(11-19(20,21)22)17(26)14-8-6-13(7-9-14)10-25-12-23-16-5-3-2-4-15(16)18(25)27/h2-9,12H,10-11H2,1H3. The van der Waals surface area contributed by atoms with Gasteiger partial charge < -0.3 is 4.90 Å². The lowest BCUT2D eigenvalue weighted by Gasteiger charge is -2.19. The minimum absolute atomic E-state index is 0.148. The van der Waals surface area contributed by atoms with Gasteiger partial charge in [0, 0.05) is 12.6 Å². The summed E-state index contributed by atoms with van der Waals surface area (Å²) >= 11 is 0. The number of aromatic nitrogens is 2. The molecule has 0 spiro atoms. The molecule has 0 saturated heterocycles. The molecule has 27 heavy (non-hydrogen) atoms. The van der Waals surface area contributed by atoms with Gasteiger partial charge in [-0.05, 0) is 29.8 Å². The van der Waals surface area contributed by atoms with Gasteiger partial charge in [0.2, 0.25) is 0 Å². The van der Waals surface area contributed by atoms with Crippen molar-refractivity contribution in [3.8, 4) is 0 Å². The predicted molar refractivity (Wildman–Crippen MR) is 94.6 cm³/mol. The number of rotatable bonds is 4. The second-order valence-corrected chi connectivity index (χ2v) is 6.17. The maximum atomic E-state index is 12.5. The number of fused-ring (bicyclic) bond motifs is 1. The van der Waals surface area contributed by atoms with E-state index >= 15 is 0 Å². The van der Waals surface area contributed by atoms with Gasteiger partial charge >= 0.3 is 6.18 Å². The number of carbonyl (C=O) groups is 1. The summed E-state index contributed by atoms with van der Waals surface area (Å²) < 4.78 is 38.7. The zero-order valence-corrected chi connectivity index (χ0v) is 14.4. The molecule has 1 heterocycles. The first-order chi connectivity index (χ1) is 12.7. The molecule has 0 saturated carbocycles. The van der Waals surface area contributed by atoms with Crippen molar-refractivity contribution < 1.29 is 18.0 Å². The van der Waals surface area contributed by atoms with Gasteiger partial charge in [0.05, 0.1) is 23.8 Å². The van der Waals surface area contributed by atoms with Crippen LogP contribution in [0.2, 0.25) is 0 Å². The summed E-state index contributed by atoms with van der Waals surface area (Å²) in [5.74, 6) is -0.719. The lowest BCUT2D eigenvalue weighted by atomic mass is 10.1. The number of hydrogen-bond acceptors (Lipinski definition) is 3. The number of amides is 1. The fraction of sp³-hybridized carbons (Fsp3) is 0.211. The topological polar surface area (TPSA) is 55.2 Å². The maximum absolute atomic E-state index is 12.5. The highest BCUT2D eigenvalue weighted by Crippen LogP contribution is 2.17. The van der Waals surface area contributed by atoms with E-state index < -0.39 is 18.6 Å². The molecule has 3 rings (SSSR count). The monoisotopic (exact) mass is 375 g/mol. The van der Waals surface area contributed by atoms with E-state index in [4.69, 9.17) is 0 Å². The highest BCUT2D eigenvalue weighted by atomic mass is 19.4. The van der Waals surface area contributed by atoms with Gasteiger partial charge in [0.15, 0.2) is 0 Å². The van der Waals surface area contributed by atoms with E-state index in [1.165, 1.54) is 23.0 Å². The van der Waals surface area contributed by atoms with E-state index in [9.17, 15) is 22.8 Å². The summed E-state index contributed by atoms with van der Waals surface area (Å²) in [5.41, 5.74) is 1.29. The summed E-state index contributed by atoms with van der Waals surface area (Å²) in [7, 11) is 1.10. The van der Waals surface area contributed by atoms with Crippen LogP contribution in [-0.4, -0.2) is 40.1 Å². The van der Waals surface area contributed by atoms with Crippen molar-refractivity contribution in [1.29, 1.82) is 0 Å². The molecule has 0 fully saturated rings. The third kappa shape index (κ3) is 4.33. The first-order valence-electron chi connectivity index (χ1n) is 8.10. The molecule has 3 aromatic rings. The van der Waals surface area contributed by atoms with Crippen molar-refractivity contribution in [2.24, 2.45) is 0 Å². The molecular weight excluding hydrogens is 359 g/mol. The normalized spacial score (nSPS) is 11.6. The smallest absolute Gasteiger partial charge is 0.333 e. The summed E-state index contributed by atoms with van der Waals surface area (Å²) in [5, 5.41) is 0.501. The lowest BCUT2D eigenvalue weighted by molar-refractivity contribution is -0.138. The summed E-state index contributed by atoms with van der Waals surface area (Å²) in [6.45, 7) is -1.07. The van der Waals surface area contributed by atoms with Gasteiger partial charge in [0.1, 0.15) is 6.54 Å². The molecule has 0 bridgehead atoms. The molecule has 5 nitrogen and oxygen atoms in total. The van der Waals surface area contributed by atoms with Crippen molar-refractivity contribution in [3.63, 3.8) is 0 Å². The second-order valence-electron chi connectivity index (χ2n) is 6.17. The van der Waals surface area contributed by atoms with Crippen LogP contribution in [0.5, 0.6) is 0 Å². The molecule has 0 atom stereocenters. The Balaban J connectivity index is 1.77. The molecule has 0 aliphatic heterocycles. The Hall–Kier alpha value is -3.16. The van der Waals surface area contributed by atoms with Gasteiger partial charge in [0.25, 0.3) is 11.5 Å². The Labute approximate surface area is 152 Å². The van der Waals surface area contributed by atoms with Crippen molar-refractivity contribution in [1.82, 2.24) is 14.5 Å². The summed E-state index contributed by atoms with van der Waals surface area (Å²) in [6, 6.07) is 13.1. The highest BCUT2D eigenvalue weighted by Gasteiger charge is 2.31. The van der Waals surface area contributed by atoms with E-state index in [0.717, 1.165) is 12.6 Å². The van der Waals surface area contributed by atoms with Gasteiger partial charge in [-0.2, -0.15) is 13.2 Å². The second kappa shape index (κ2) is 7.22. The number of carbonyl (C=O) groups excluding carboxylic acids is 1. The molecule has 0 aliphatic carbocycles. The van der Waals surface area contributed by atoms with Crippen molar-refractivity contribution >= 4 is 16.8 Å². The van der Waals surface area contributed by atoms with Crippen LogP contribution in [-0.2, 0) is 6.54 Å². The fourth-order valence-corrected chi connectivity index (χ4v) is 2.73. The van der Waals surface area contributed by atoms with Crippen molar-refractivity contribution in [2.45, 2.75) is 12.7 Å². The number of nitrogens with zero attached hydrogens (tertiary/aromatic N) is 3. The van der Waals surface area contributed by atoms with Gasteiger partial charge in [-0.3, -0.25) is 14.2 Å². The highest BCUT2D eigenvalue weighted by molar-refractivity contribution is 5.94. The summed E-state index contributed by atoms with van der Waals surface area (Å²) in [4.78, 5) is 29.4. The third-order valence-corrected chi connectivity index (χ3v) is 4.05. The number of para-hydroxylation sites is 1. The van der Waals surface area contributed by atoms with E-state index in [2.05, 4.69) is 4.98 Å². The van der Waals surface area contributed by atoms with Crippen LogP contribution in [0.3, 0.4) is 0 Å². The predicted octanol–water partition coefficient (Wildman–Crippen LogP) is 3.08. The number of alkyl halides is 3. The Morgan fingerprint density at radius 3 is 2.44 bits per heavy atom. The number of halogens is 3. The van der Waals surface area contributed by atoms with Crippen LogP contribution in [0.1, 0.15) is 15.9 Å². The first kappa shape index (κ1) is 18.6. The Kier molecular flexibility index (Phi) is 4.98. The molecular formula is C19H16F3N3O2. The molecule has 0 aliphatic rings. The van der Waals surface area contributed by atoms with Crippen molar-refractivity contribution in [2.75, 3.05) is 13.6 Å².